The predicted octanol–water partition coefficient (Wildman–Crippen LogP) is 2.28. The summed E-state index contributed by atoms with van der Waals surface area (Å²) in [4.78, 5) is 33.0. The maximum atomic E-state index is 12.0. The van der Waals surface area contributed by atoms with Crippen LogP contribution in [0.3, 0.4) is 0 Å². The van der Waals surface area contributed by atoms with Crippen molar-refractivity contribution in [1.29, 1.82) is 0 Å². The Morgan fingerprint density at radius 3 is 2.50 bits per heavy atom. The van der Waals surface area contributed by atoms with Crippen LogP contribution < -0.4 is 0 Å². The highest BCUT2D eigenvalue weighted by Crippen LogP contribution is 2.13. The van der Waals surface area contributed by atoms with E-state index in [-0.39, 0.29) is 24.3 Å². The number of aliphatic hydroxyl groups excluding tert-OH is 1. The lowest BCUT2D eigenvalue weighted by Gasteiger charge is -2.11. The number of ether oxygens (including phenoxy) is 1. The molecule has 0 spiro atoms. The summed E-state index contributed by atoms with van der Waals surface area (Å²) in [5, 5.41) is 9.57. The van der Waals surface area contributed by atoms with Crippen LogP contribution in [0.25, 0.3) is 0 Å². The average molecular weight is 308 g/mol. The Hall–Kier alpha value is -2.18. The Kier molecular flexibility index (Phi) is 7.88. The van der Waals surface area contributed by atoms with Crippen LogP contribution in [0.2, 0.25) is 0 Å². The van der Waals surface area contributed by atoms with E-state index in [4.69, 9.17) is 4.74 Å². The molecule has 0 radical (unpaired) electrons. The van der Waals surface area contributed by atoms with Crippen molar-refractivity contribution < 1.29 is 29.2 Å². The first-order valence-electron chi connectivity index (χ1n) is 6.99. The molecule has 0 amide bonds. The molecule has 6 nitrogen and oxygen atoms in total. The Morgan fingerprint density at radius 1 is 1.27 bits per heavy atom. The molecule has 0 fully saturated rings. The van der Waals surface area contributed by atoms with Crippen molar-refractivity contribution in [3.63, 3.8) is 0 Å². The summed E-state index contributed by atoms with van der Waals surface area (Å²) in [5.41, 5.74) is 0.0833. The van der Waals surface area contributed by atoms with Gasteiger partial charge >= 0.3 is 11.9 Å². The summed E-state index contributed by atoms with van der Waals surface area (Å²) in [6, 6.07) is 6.06. The van der Waals surface area contributed by atoms with Gasteiger partial charge in [-0.3, -0.25) is 4.89 Å². The quantitative estimate of drug-likeness (QED) is 0.248. The molecule has 0 bridgehead atoms. The van der Waals surface area contributed by atoms with Crippen molar-refractivity contribution in [3.8, 4) is 0 Å². The van der Waals surface area contributed by atoms with Gasteiger partial charge in [0.2, 0.25) is 0 Å². The van der Waals surface area contributed by atoms with E-state index in [1.165, 1.54) is 18.2 Å². The van der Waals surface area contributed by atoms with Crippen molar-refractivity contribution in [2.24, 2.45) is 0 Å². The molecular formula is C16H20O6. The highest BCUT2D eigenvalue weighted by Gasteiger charge is 2.20. The molecule has 120 valence electrons. The first-order chi connectivity index (χ1) is 10.6. The number of carbonyl (C=O) groups is 2. The smallest absolute Gasteiger partial charge is 0.373 e. The molecule has 1 N–H and O–H groups in total. The van der Waals surface area contributed by atoms with Crippen molar-refractivity contribution >= 4 is 11.9 Å². The first-order valence-corrected chi connectivity index (χ1v) is 6.99. The summed E-state index contributed by atoms with van der Waals surface area (Å²) in [5.74, 6) is -1.50. The molecule has 1 aromatic rings. The number of hydrogen-bond donors (Lipinski definition) is 1. The molecule has 0 aliphatic rings. The van der Waals surface area contributed by atoms with Gasteiger partial charge in [0.15, 0.2) is 0 Å². The van der Waals surface area contributed by atoms with Crippen molar-refractivity contribution in [1.82, 2.24) is 0 Å². The van der Waals surface area contributed by atoms with Crippen LogP contribution in [-0.4, -0.2) is 36.4 Å². The van der Waals surface area contributed by atoms with Crippen molar-refractivity contribution in [3.05, 3.63) is 48.0 Å². The van der Waals surface area contributed by atoms with Crippen LogP contribution in [0.1, 0.15) is 40.5 Å². The second kappa shape index (κ2) is 9.70. The Labute approximate surface area is 129 Å². The fourth-order valence-electron chi connectivity index (χ4n) is 1.69. The molecule has 0 saturated carbocycles. The maximum Gasteiger partial charge on any atom is 0.373 e. The van der Waals surface area contributed by atoms with E-state index in [1.807, 2.05) is 6.92 Å². The standard InChI is InChI=1S/C16H20O6/c1-3-7-12(17)11-20-15(18)13-8-5-6-9-14(13)16(19)22-21-10-4-2/h4-6,8-9,12,17H,2-3,7,10-11H2,1H3. The molecule has 1 rings (SSSR count). The fourth-order valence-corrected chi connectivity index (χ4v) is 1.69. The molecule has 0 aliphatic heterocycles. The van der Waals surface area contributed by atoms with Crippen LogP contribution >= 0.6 is 0 Å². The molecule has 0 aromatic heterocycles. The molecular weight excluding hydrogens is 288 g/mol. The van der Waals surface area contributed by atoms with Crippen LogP contribution in [0.4, 0.5) is 0 Å². The number of aliphatic hydroxyl groups is 1. The highest BCUT2D eigenvalue weighted by atomic mass is 17.2. The minimum Gasteiger partial charge on any atom is -0.459 e. The van der Waals surface area contributed by atoms with E-state index in [2.05, 4.69) is 16.4 Å². The van der Waals surface area contributed by atoms with Crippen LogP contribution in [0, 0.1) is 0 Å². The van der Waals surface area contributed by atoms with Crippen LogP contribution in [-0.2, 0) is 14.5 Å². The Bertz CT molecular complexity index is 511. The van der Waals surface area contributed by atoms with E-state index < -0.39 is 18.0 Å². The lowest BCUT2D eigenvalue weighted by Crippen LogP contribution is -2.20. The number of rotatable bonds is 9. The first kappa shape index (κ1) is 17.9. The molecule has 1 aromatic carbocycles. The van der Waals surface area contributed by atoms with E-state index in [0.29, 0.717) is 6.42 Å². The molecule has 0 saturated heterocycles. The summed E-state index contributed by atoms with van der Waals surface area (Å²) in [7, 11) is 0. The zero-order valence-corrected chi connectivity index (χ0v) is 12.5. The number of esters is 1. The van der Waals surface area contributed by atoms with Crippen molar-refractivity contribution in [2.45, 2.75) is 25.9 Å². The summed E-state index contributed by atoms with van der Waals surface area (Å²) >= 11 is 0. The summed E-state index contributed by atoms with van der Waals surface area (Å²) in [6.45, 7) is 5.26. The Balaban J connectivity index is 2.71. The second-order valence-electron chi connectivity index (χ2n) is 4.53. The number of benzene rings is 1. The van der Waals surface area contributed by atoms with Gasteiger partial charge in [0.1, 0.15) is 13.2 Å². The molecule has 0 heterocycles. The van der Waals surface area contributed by atoms with E-state index in [0.717, 1.165) is 6.42 Å². The zero-order valence-electron chi connectivity index (χ0n) is 12.5. The Morgan fingerprint density at radius 2 is 1.91 bits per heavy atom. The fraction of sp³-hybridized carbons (Fsp3) is 0.375. The van der Waals surface area contributed by atoms with Gasteiger partial charge in [-0.1, -0.05) is 31.6 Å². The van der Waals surface area contributed by atoms with Crippen LogP contribution in [0.5, 0.6) is 0 Å². The van der Waals surface area contributed by atoms with E-state index in [1.54, 1.807) is 12.1 Å². The van der Waals surface area contributed by atoms with Crippen molar-refractivity contribution in [2.75, 3.05) is 13.2 Å². The van der Waals surface area contributed by atoms with Gasteiger partial charge in [-0.2, -0.15) is 4.89 Å². The van der Waals surface area contributed by atoms with Gasteiger partial charge in [0.05, 0.1) is 17.2 Å². The number of carbonyl (C=O) groups excluding carboxylic acids is 2. The predicted molar refractivity (Wildman–Crippen MR) is 79.2 cm³/mol. The number of hydrogen-bond acceptors (Lipinski definition) is 6. The van der Waals surface area contributed by atoms with Gasteiger partial charge in [-0.05, 0) is 18.6 Å². The van der Waals surface area contributed by atoms with Gasteiger partial charge in [0, 0.05) is 0 Å². The summed E-state index contributed by atoms with van der Waals surface area (Å²) in [6.07, 6.45) is 2.01. The monoisotopic (exact) mass is 308 g/mol. The summed E-state index contributed by atoms with van der Waals surface area (Å²) < 4.78 is 5.01. The topological polar surface area (TPSA) is 82.1 Å². The average Bonchev–Trinajstić information content (AvgIpc) is 2.53. The molecule has 0 aliphatic carbocycles. The third-order valence-corrected chi connectivity index (χ3v) is 2.72. The molecule has 22 heavy (non-hydrogen) atoms. The maximum absolute atomic E-state index is 12.0. The van der Waals surface area contributed by atoms with Gasteiger partial charge < -0.3 is 9.84 Å². The molecule has 6 heteroatoms. The molecule has 1 atom stereocenters. The second-order valence-corrected chi connectivity index (χ2v) is 4.53. The minimum atomic E-state index is -0.802. The lowest BCUT2D eigenvalue weighted by atomic mass is 10.1. The largest absolute Gasteiger partial charge is 0.459 e. The lowest BCUT2D eigenvalue weighted by molar-refractivity contribution is -0.231. The third-order valence-electron chi connectivity index (χ3n) is 2.72. The van der Waals surface area contributed by atoms with Gasteiger partial charge in [-0.15, -0.1) is 6.58 Å². The van der Waals surface area contributed by atoms with Crippen LogP contribution in [0.15, 0.2) is 36.9 Å². The minimum absolute atomic E-state index is 0.0292. The third kappa shape index (κ3) is 5.67. The van der Waals surface area contributed by atoms with Gasteiger partial charge in [-0.25, -0.2) is 9.59 Å². The van der Waals surface area contributed by atoms with E-state index >= 15 is 0 Å². The van der Waals surface area contributed by atoms with Gasteiger partial charge in [0.25, 0.3) is 0 Å². The SMILES string of the molecule is C=CCOOC(=O)c1ccccc1C(=O)OCC(O)CCC. The normalized spacial score (nSPS) is 11.5. The van der Waals surface area contributed by atoms with E-state index in [9.17, 15) is 14.7 Å². The molecule has 1 unspecified atom stereocenters. The highest BCUT2D eigenvalue weighted by molar-refractivity contribution is 6.02. The zero-order chi connectivity index (χ0) is 16.4.